The van der Waals surface area contributed by atoms with Crippen LogP contribution in [-0.4, -0.2) is 29.9 Å². The number of amides is 1. The van der Waals surface area contributed by atoms with Crippen LogP contribution in [0.4, 0.5) is 29.3 Å². The van der Waals surface area contributed by atoms with Crippen LogP contribution in [0.3, 0.4) is 0 Å². The highest BCUT2D eigenvalue weighted by Crippen LogP contribution is 2.45. The number of hydrogen-bond donors (Lipinski definition) is 0. The molecule has 0 N–H and O–H groups in total. The molecular formula is C20H18ClF3N2O. The third-order valence-corrected chi connectivity index (χ3v) is 5.77. The van der Waals surface area contributed by atoms with E-state index in [1.807, 2.05) is 24.3 Å². The van der Waals surface area contributed by atoms with Crippen LogP contribution < -0.4 is 4.90 Å². The normalized spacial score (nSPS) is 22.2. The number of likely N-dealkylation sites (tertiary alicyclic amines) is 1. The van der Waals surface area contributed by atoms with Crippen molar-refractivity contribution in [3.8, 4) is 0 Å². The van der Waals surface area contributed by atoms with Gasteiger partial charge in [-0.1, -0.05) is 18.2 Å². The Kier molecular flexibility index (Phi) is 4.34. The van der Waals surface area contributed by atoms with Crippen molar-refractivity contribution in [1.82, 2.24) is 4.90 Å². The first-order valence-electron chi connectivity index (χ1n) is 8.75. The number of alkyl halides is 3. The molecule has 3 nitrogen and oxygen atoms in total. The van der Waals surface area contributed by atoms with E-state index in [1.54, 1.807) is 4.90 Å². The molecule has 1 amide bonds. The monoisotopic (exact) mass is 394 g/mol. The summed E-state index contributed by atoms with van der Waals surface area (Å²) in [5.74, 6) is 0. The van der Waals surface area contributed by atoms with E-state index in [1.165, 1.54) is 12.1 Å². The number of hydrogen-bond acceptors (Lipinski definition) is 2. The molecule has 1 fully saturated rings. The summed E-state index contributed by atoms with van der Waals surface area (Å²) >= 11 is 5.67. The Morgan fingerprint density at radius 3 is 2.37 bits per heavy atom. The molecular weight excluding hydrogens is 377 g/mol. The van der Waals surface area contributed by atoms with Gasteiger partial charge in [-0.15, -0.1) is 0 Å². The molecule has 2 aromatic carbocycles. The number of carbonyl (C=O) groups excluding carboxylic acids is 1. The standard InChI is InChI=1S/C20H18ClF3N2O/c21-18(27)25-10-9-19(12-25)11-14-3-1-2-4-17(14)26(13-19)16-7-5-15(6-8-16)20(22,23)24/h1-8H,9-13H2. The topological polar surface area (TPSA) is 23.6 Å². The third-order valence-electron chi connectivity index (χ3n) is 5.53. The van der Waals surface area contributed by atoms with Crippen molar-refractivity contribution in [2.75, 3.05) is 24.5 Å². The van der Waals surface area contributed by atoms with Crippen molar-refractivity contribution in [3.63, 3.8) is 0 Å². The van der Waals surface area contributed by atoms with Crippen molar-refractivity contribution in [2.24, 2.45) is 5.41 Å². The van der Waals surface area contributed by atoms with Gasteiger partial charge >= 0.3 is 11.5 Å². The van der Waals surface area contributed by atoms with Gasteiger partial charge < -0.3 is 9.80 Å². The van der Waals surface area contributed by atoms with Crippen LogP contribution >= 0.6 is 11.6 Å². The molecule has 0 saturated carbocycles. The number of carbonyl (C=O) groups is 1. The van der Waals surface area contributed by atoms with Crippen LogP contribution in [0.25, 0.3) is 0 Å². The van der Waals surface area contributed by atoms with E-state index in [2.05, 4.69) is 4.90 Å². The number of para-hydroxylation sites is 1. The highest BCUT2D eigenvalue weighted by molar-refractivity contribution is 6.62. The summed E-state index contributed by atoms with van der Waals surface area (Å²) in [5.41, 5.74) is 2.03. The predicted octanol–water partition coefficient (Wildman–Crippen LogP) is 5.45. The summed E-state index contributed by atoms with van der Waals surface area (Å²) in [4.78, 5) is 15.3. The minimum Gasteiger partial charge on any atom is -0.341 e. The smallest absolute Gasteiger partial charge is 0.341 e. The second-order valence-electron chi connectivity index (χ2n) is 7.36. The Morgan fingerprint density at radius 1 is 1.04 bits per heavy atom. The van der Waals surface area contributed by atoms with E-state index >= 15 is 0 Å². The maximum absolute atomic E-state index is 12.9. The molecule has 0 aromatic heterocycles. The number of fused-ring (bicyclic) bond motifs is 1. The number of benzene rings is 2. The number of halogens is 4. The molecule has 1 unspecified atom stereocenters. The first-order valence-corrected chi connectivity index (χ1v) is 9.12. The number of nitrogens with zero attached hydrogens (tertiary/aromatic N) is 2. The first kappa shape index (κ1) is 18.2. The molecule has 7 heteroatoms. The third kappa shape index (κ3) is 3.38. The summed E-state index contributed by atoms with van der Waals surface area (Å²) in [6.45, 7) is 1.79. The second kappa shape index (κ2) is 6.44. The maximum atomic E-state index is 12.9. The quantitative estimate of drug-likeness (QED) is 0.474. The highest BCUT2D eigenvalue weighted by Gasteiger charge is 2.44. The van der Waals surface area contributed by atoms with Crippen molar-refractivity contribution in [1.29, 1.82) is 0 Å². The first-order chi connectivity index (χ1) is 12.8. The molecule has 1 atom stereocenters. The predicted molar refractivity (Wildman–Crippen MR) is 98.5 cm³/mol. The van der Waals surface area contributed by atoms with Gasteiger partial charge in [0.15, 0.2) is 0 Å². The highest BCUT2D eigenvalue weighted by atomic mass is 35.5. The van der Waals surface area contributed by atoms with Gasteiger partial charge in [0.1, 0.15) is 0 Å². The zero-order valence-corrected chi connectivity index (χ0v) is 15.2. The summed E-state index contributed by atoms with van der Waals surface area (Å²) in [6, 6.07) is 13.2. The van der Waals surface area contributed by atoms with E-state index in [0.29, 0.717) is 25.3 Å². The van der Waals surface area contributed by atoms with E-state index in [9.17, 15) is 18.0 Å². The van der Waals surface area contributed by atoms with Gasteiger partial charge in [0.05, 0.1) is 5.56 Å². The Morgan fingerprint density at radius 2 is 1.74 bits per heavy atom. The molecule has 2 aliphatic rings. The minimum absolute atomic E-state index is 0.151. The average molecular weight is 395 g/mol. The van der Waals surface area contributed by atoms with Crippen LogP contribution in [0.1, 0.15) is 17.5 Å². The fraction of sp³-hybridized carbons (Fsp3) is 0.350. The van der Waals surface area contributed by atoms with Gasteiger partial charge in [0, 0.05) is 36.4 Å². The van der Waals surface area contributed by atoms with Crippen molar-refractivity contribution in [2.45, 2.75) is 19.0 Å². The fourth-order valence-corrected chi connectivity index (χ4v) is 4.37. The van der Waals surface area contributed by atoms with Crippen LogP contribution in [0.2, 0.25) is 0 Å². The van der Waals surface area contributed by atoms with Gasteiger partial charge in [0.25, 0.3) is 0 Å². The summed E-state index contributed by atoms with van der Waals surface area (Å²) in [7, 11) is 0. The van der Waals surface area contributed by atoms with Crippen LogP contribution in [0, 0.1) is 5.41 Å². The lowest BCUT2D eigenvalue weighted by Gasteiger charge is -2.42. The molecule has 0 aliphatic carbocycles. The van der Waals surface area contributed by atoms with Gasteiger partial charge in [-0.25, -0.2) is 0 Å². The van der Waals surface area contributed by atoms with Gasteiger partial charge in [-0.05, 0) is 60.3 Å². The lowest BCUT2D eigenvalue weighted by molar-refractivity contribution is -0.137. The lowest BCUT2D eigenvalue weighted by Crippen LogP contribution is -2.43. The van der Waals surface area contributed by atoms with E-state index < -0.39 is 17.1 Å². The fourth-order valence-electron chi connectivity index (χ4n) is 4.22. The Balaban J connectivity index is 1.70. The average Bonchev–Trinajstić information content (AvgIpc) is 3.04. The molecule has 0 bridgehead atoms. The summed E-state index contributed by atoms with van der Waals surface area (Å²) in [5, 5.41) is -0.452. The second-order valence-corrected chi connectivity index (χ2v) is 7.68. The lowest BCUT2D eigenvalue weighted by atomic mass is 9.76. The molecule has 0 radical (unpaired) electrons. The van der Waals surface area contributed by atoms with E-state index in [4.69, 9.17) is 11.6 Å². The van der Waals surface area contributed by atoms with Crippen molar-refractivity contribution in [3.05, 3.63) is 59.7 Å². The molecule has 27 heavy (non-hydrogen) atoms. The van der Waals surface area contributed by atoms with Gasteiger partial charge in [0.2, 0.25) is 0 Å². The van der Waals surface area contributed by atoms with E-state index in [0.717, 1.165) is 36.2 Å². The van der Waals surface area contributed by atoms with Gasteiger partial charge in [-0.3, -0.25) is 4.79 Å². The number of rotatable bonds is 1. The molecule has 142 valence electrons. The maximum Gasteiger partial charge on any atom is 0.416 e. The molecule has 2 heterocycles. The summed E-state index contributed by atoms with van der Waals surface area (Å²) < 4.78 is 38.7. The zero-order chi connectivity index (χ0) is 19.2. The van der Waals surface area contributed by atoms with E-state index in [-0.39, 0.29) is 5.41 Å². The zero-order valence-electron chi connectivity index (χ0n) is 14.5. The van der Waals surface area contributed by atoms with Crippen LogP contribution in [0.5, 0.6) is 0 Å². The van der Waals surface area contributed by atoms with Crippen molar-refractivity contribution >= 4 is 28.3 Å². The SMILES string of the molecule is O=C(Cl)N1CCC2(Cc3ccccc3N(c3ccc(C(F)(F)F)cc3)C2)C1. The molecule has 1 saturated heterocycles. The Labute approximate surface area is 160 Å². The summed E-state index contributed by atoms with van der Waals surface area (Å²) in [6.07, 6.45) is -2.72. The Hall–Kier alpha value is -2.21. The molecule has 2 aliphatic heterocycles. The minimum atomic E-state index is -4.35. The van der Waals surface area contributed by atoms with Gasteiger partial charge in [-0.2, -0.15) is 13.2 Å². The Bertz CT molecular complexity index is 868. The molecule has 1 spiro atoms. The largest absolute Gasteiger partial charge is 0.416 e. The number of anilines is 2. The van der Waals surface area contributed by atoms with Crippen LogP contribution in [0.15, 0.2) is 48.5 Å². The molecule has 4 rings (SSSR count). The van der Waals surface area contributed by atoms with Crippen molar-refractivity contribution < 1.29 is 18.0 Å². The molecule has 2 aromatic rings. The van der Waals surface area contributed by atoms with Crippen LogP contribution in [-0.2, 0) is 12.6 Å².